The number of hydrogen-bond donors (Lipinski definition) is 12. The van der Waals surface area contributed by atoms with Crippen molar-refractivity contribution in [3.05, 3.63) is 12.2 Å². The number of carbonyl (C=O) groups is 1. The third-order valence-corrected chi connectivity index (χ3v) is 19.3. The minimum absolute atomic E-state index is 0.250. The van der Waals surface area contributed by atoms with Crippen LogP contribution in [0.2, 0.25) is 0 Å². The topological polar surface area (TPSA) is 307 Å². The second-order valence-electron chi connectivity index (χ2n) is 27.5. The first kappa shape index (κ1) is 84.8. The first-order valence-electron chi connectivity index (χ1n) is 37.9. The van der Waals surface area contributed by atoms with E-state index in [0.29, 0.717) is 6.42 Å². The third kappa shape index (κ3) is 36.4. The molecule has 3 aliphatic heterocycles. The van der Waals surface area contributed by atoms with Crippen LogP contribution >= 0.6 is 0 Å². The van der Waals surface area contributed by atoms with Gasteiger partial charge in [-0.2, -0.15) is 0 Å². The standard InChI is InChI=1S/C73H139NO18/c1-3-5-7-9-11-13-15-17-18-19-20-21-22-23-24-25-26-27-28-29-30-31-32-33-34-35-36-37-39-41-43-45-47-49-51-61(79)74-56(57(78)50-48-46-44-42-40-38-16-14-12-10-8-6-4-2)55-87-71-67(85)64(82)69(59(53-76)89-71)92-73-68(86)65(83)70(60(54-77)90-73)91-72-66(84)63(81)62(80)58(52-75)88-72/h48,50,56-60,62-73,75-78,80-86H,3-47,49,51-55H2,1-2H3,(H,74,79)/b50-48+. The van der Waals surface area contributed by atoms with Crippen molar-refractivity contribution in [3.8, 4) is 0 Å². The van der Waals surface area contributed by atoms with Gasteiger partial charge in [-0.3, -0.25) is 4.79 Å². The second-order valence-corrected chi connectivity index (χ2v) is 27.5. The van der Waals surface area contributed by atoms with Crippen molar-refractivity contribution < 1.29 is 89.4 Å². The van der Waals surface area contributed by atoms with Crippen LogP contribution in [0.3, 0.4) is 0 Å². The number of rotatable bonds is 60. The molecule has 92 heavy (non-hydrogen) atoms. The van der Waals surface area contributed by atoms with Crippen LogP contribution in [0.15, 0.2) is 12.2 Å². The van der Waals surface area contributed by atoms with Crippen LogP contribution < -0.4 is 5.32 Å². The van der Waals surface area contributed by atoms with Gasteiger partial charge in [0, 0.05) is 6.42 Å². The lowest BCUT2D eigenvalue weighted by Gasteiger charge is -2.48. The molecule has 0 bridgehead atoms. The van der Waals surface area contributed by atoms with Crippen molar-refractivity contribution in [2.45, 2.75) is 420 Å². The zero-order valence-corrected chi connectivity index (χ0v) is 57.8. The minimum Gasteiger partial charge on any atom is -0.394 e. The maximum absolute atomic E-state index is 13.4. The van der Waals surface area contributed by atoms with Crippen LogP contribution in [0, 0.1) is 0 Å². The third-order valence-electron chi connectivity index (χ3n) is 19.3. The Balaban J connectivity index is 1.32. The number of nitrogens with one attached hydrogen (secondary N) is 1. The van der Waals surface area contributed by atoms with Crippen LogP contribution in [0.1, 0.15) is 316 Å². The Morgan fingerprint density at radius 1 is 0.380 bits per heavy atom. The smallest absolute Gasteiger partial charge is 0.220 e. The lowest BCUT2D eigenvalue weighted by molar-refractivity contribution is -0.379. The summed E-state index contributed by atoms with van der Waals surface area (Å²) in [4.78, 5) is 13.4. The van der Waals surface area contributed by atoms with Crippen molar-refractivity contribution in [2.24, 2.45) is 0 Å². The number of amides is 1. The molecular formula is C73H139NO18. The Morgan fingerprint density at radius 3 is 1.02 bits per heavy atom. The highest BCUT2D eigenvalue weighted by atomic mass is 16.8. The number of aliphatic hydroxyl groups is 11. The van der Waals surface area contributed by atoms with Gasteiger partial charge in [-0.25, -0.2) is 0 Å². The zero-order chi connectivity index (χ0) is 66.8. The van der Waals surface area contributed by atoms with E-state index < -0.39 is 124 Å². The summed E-state index contributed by atoms with van der Waals surface area (Å²) in [6.07, 6.45) is 36.6. The Morgan fingerprint density at radius 2 is 0.674 bits per heavy atom. The zero-order valence-electron chi connectivity index (χ0n) is 57.8. The molecular weight excluding hydrogens is 1180 g/mol. The quantitative estimate of drug-likeness (QED) is 0.0199. The summed E-state index contributed by atoms with van der Waals surface area (Å²) in [7, 11) is 0. The Kier molecular flexibility index (Phi) is 51.0. The molecule has 3 aliphatic rings. The minimum atomic E-state index is -1.98. The molecule has 0 aromatic rings. The van der Waals surface area contributed by atoms with Crippen molar-refractivity contribution in [2.75, 3.05) is 26.4 Å². The summed E-state index contributed by atoms with van der Waals surface area (Å²) in [5.74, 6) is -0.269. The highest BCUT2D eigenvalue weighted by molar-refractivity contribution is 5.76. The fraction of sp³-hybridized carbons (Fsp3) is 0.959. The molecule has 0 aromatic heterocycles. The molecule has 0 aromatic carbocycles. The van der Waals surface area contributed by atoms with Gasteiger partial charge >= 0.3 is 0 Å². The van der Waals surface area contributed by atoms with Gasteiger partial charge in [-0.1, -0.05) is 302 Å². The average Bonchev–Trinajstić information content (AvgIpc) is 0.839. The summed E-state index contributed by atoms with van der Waals surface area (Å²) in [6.45, 7) is 1.76. The molecule has 3 saturated heterocycles. The number of carbonyl (C=O) groups excluding carboxylic acids is 1. The molecule has 19 heteroatoms. The normalized spacial score (nSPS) is 27.7. The molecule has 0 saturated carbocycles. The van der Waals surface area contributed by atoms with Crippen LogP contribution in [-0.2, 0) is 33.2 Å². The molecule has 0 spiro atoms. The van der Waals surface area contributed by atoms with Gasteiger partial charge in [0.25, 0.3) is 0 Å². The second kappa shape index (κ2) is 55.4. The van der Waals surface area contributed by atoms with Gasteiger partial charge in [0.1, 0.15) is 73.2 Å². The van der Waals surface area contributed by atoms with Crippen molar-refractivity contribution in [3.63, 3.8) is 0 Å². The lowest BCUT2D eigenvalue weighted by atomic mass is 9.96. The van der Waals surface area contributed by atoms with Crippen LogP contribution in [0.4, 0.5) is 0 Å². The summed E-state index contributed by atoms with van der Waals surface area (Å²) in [5.41, 5.74) is 0. The van der Waals surface area contributed by atoms with Gasteiger partial charge in [-0.15, -0.1) is 0 Å². The molecule has 17 atom stereocenters. The van der Waals surface area contributed by atoms with E-state index in [1.807, 2.05) is 6.08 Å². The molecule has 0 aliphatic carbocycles. The van der Waals surface area contributed by atoms with Crippen molar-refractivity contribution in [1.82, 2.24) is 5.32 Å². The van der Waals surface area contributed by atoms with Gasteiger partial charge in [-0.05, 0) is 19.3 Å². The predicted molar refractivity (Wildman–Crippen MR) is 360 cm³/mol. The van der Waals surface area contributed by atoms with E-state index in [1.54, 1.807) is 6.08 Å². The molecule has 544 valence electrons. The highest BCUT2D eigenvalue weighted by Gasteiger charge is 2.53. The van der Waals surface area contributed by atoms with Gasteiger partial charge in [0.2, 0.25) is 5.91 Å². The Hall–Kier alpha value is -1.47. The number of hydrogen-bond acceptors (Lipinski definition) is 18. The van der Waals surface area contributed by atoms with Crippen molar-refractivity contribution >= 4 is 5.91 Å². The molecule has 0 radical (unpaired) electrons. The van der Waals surface area contributed by atoms with E-state index in [4.69, 9.17) is 28.4 Å². The molecule has 3 fully saturated rings. The number of allylic oxidation sites excluding steroid dienone is 1. The van der Waals surface area contributed by atoms with E-state index in [9.17, 15) is 61.0 Å². The summed E-state index contributed by atoms with van der Waals surface area (Å²) < 4.78 is 34.4. The molecule has 3 rings (SSSR count). The molecule has 12 N–H and O–H groups in total. The predicted octanol–water partition coefficient (Wildman–Crippen LogP) is 11.2. The highest BCUT2D eigenvalue weighted by Crippen LogP contribution is 2.33. The SMILES string of the molecule is CCCCCCCCCCCCC/C=C/C(O)C(COC1OC(CO)C(OC2OC(CO)C(OC3OC(CO)C(O)C(O)C3O)C(O)C2O)C(O)C1O)NC(=O)CCCCCCCCCCCCCCCCCCCCCCCCCCCCCCCCCCCC. The van der Waals surface area contributed by atoms with E-state index >= 15 is 0 Å². The first-order valence-corrected chi connectivity index (χ1v) is 37.9. The van der Waals surface area contributed by atoms with E-state index in [1.165, 1.54) is 244 Å². The summed E-state index contributed by atoms with van der Waals surface area (Å²) in [6, 6.07) is -0.968. The number of unbranched alkanes of at least 4 members (excludes halogenated alkanes) is 44. The Labute approximate surface area is 556 Å². The van der Waals surface area contributed by atoms with E-state index in [2.05, 4.69) is 19.2 Å². The number of aliphatic hydroxyl groups excluding tert-OH is 11. The first-order chi connectivity index (χ1) is 44.8. The fourth-order valence-electron chi connectivity index (χ4n) is 13.2. The van der Waals surface area contributed by atoms with E-state index in [0.717, 1.165) is 44.9 Å². The summed E-state index contributed by atoms with van der Waals surface area (Å²) >= 11 is 0. The van der Waals surface area contributed by atoms with Gasteiger partial charge in [0.05, 0.1) is 38.6 Å². The molecule has 17 unspecified atom stereocenters. The number of ether oxygens (including phenoxy) is 6. The van der Waals surface area contributed by atoms with Crippen LogP contribution in [0.5, 0.6) is 0 Å². The molecule has 19 nitrogen and oxygen atoms in total. The van der Waals surface area contributed by atoms with Crippen LogP contribution in [-0.4, -0.2) is 193 Å². The van der Waals surface area contributed by atoms with Gasteiger partial charge < -0.3 is 89.9 Å². The van der Waals surface area contributed by atoms with Gasteiger partial charge in [0.15, 0.2) is 18.9 Å². The van der Waals surface area contributed by atoms with E-state index in [-0.39, 0.29) is 18.9 Å². The maximum atomic E-state index is 13.4. The maximum Gasteiger partial charge on any atom is 0.220 e. The lowest BCUT2D eigenvalue weighted by Crippen LogP contribution is -2.66. The largest absolute Gasteiger partial charge is 0.394 e. The Bertz CT molecular complexity index is 1720. The molecule has 1 amide bonds. The summed E-state index contributed by atoms with van der Waals surface area (Å²) in [5, 5.41) is 120. The average molecular weight is 1320 g/mol. The monoisotopic (exact) mass is 1320 g/mol. The van der Waals surface area contributed by atoms with Crippen LogP contribution in [0.25, 0.3) is 0 Å². The van der Waals surface area contributed by atoms with Crippen molar-refractivity contribution in [1.29, 1.82) is 0 Å². The fourth-order valence-corrected chi connectivity index (χ4v) is 13.2. The molecule has 3 heterocycles.